The zero-order chi connectivity index (χ0) is 25.4. The summed E-state index contributed by atoms with van der Waals surface area (Å²) in [5.41, 5.74) is 1.08. The largest absolute Gasteiger partial charge is 0.496 e. The molecule has 3 aromatic rings. The molecule has 1 aliphatic carbocycles. The number of nitrogens with zero attached hydrogens (tertiary/aromatic N) is 3. The summed E-state index contributed by atoms with van der Waals surface area (Å²) in [6.07, 6.45) is 3.47. The minimum atomic E-state index is -0.582. The van der Waals surface area contributed by atoms with Gasteiger partial charge < -0.3 is 10.1 Å². The summed E-state index contributed by atoms with van der Waals surface area (Å²) >= 11 is 2.56. The highest BCUT2D eigenvalue weighted by Crippen LogP contribution is 2.41. The van der Waals surface area contributed by atoms with Gasteiger partial charge >= 0.3 is 0 Å². The Balaban J connectivity index is 1.27. The lowest BCUT2D eigenvalue weighted by Gasteiger charge is -2.19. The first-order chi connectivity index (χ1) is 17.4. The molecule has 12 heteroatoms. The van der Waals surface area contributed by atoms with Crippen LogP contribution < -0.4 is 15.0 Å². The van der Waals surface area contributed by atoms with E-state index in [1.165, 1.54) is 53.3 Å². The van der Waals surface area contributed by atoms with E-state index in [0.29, 0.717) is 21.3 Å². The highest BCUT2D eigenvalue weighted by molar-refractivity contribution is 8.01. The highest BCUT2D eigenvalue weighted by atomic mass is 32.2. The van der Waals surface area contributed by atoms with Crippen molar-refractivity contribution in [2.75, 3.05) is 23.1 Å². The average molecular weight is 527 g/mol. The zero-order valence-electron chi connectivity index (χ0n) is 19.3. The number of ether oxygens (including phenoxy) is 1. The number of hydrogen-bond acceptors (Lipinski definition) is 9. The maximum absolute atomic E-state index is 12.9. The molecule has 0 spiro atoms. The lowest BCUT2D eigenvalue weighted by atomic mass is 9.81. The summed E-state index contributed by atoms with van der Waals surface area (Å²) in [6.45, 7) is 0. The molecule has 36 heavy (non-hydrogen) atoms. The summed E-state index contributed by atoms with van der Waals surface area (Å²) in [6, 6.07) is 9.51. The molecule has 2 heterocycles. The van der Waals surface area contributed by atoms with Crippen LogP contribution in [0.5, 0.6) is 5.75 Å². The molecule has 5 rings (SSSR count). The van der Waals surface area contributed by atoms with Gasteiger partial charge in [-0.05, 0) is 43.2 Å². The zero-order valence-corrected chi connectivity index (χ0v) is 20.9. The van der Waals surface area contributed by atoms with Crippen LogP contribution in [0.3, 0.4) is 0 Å². The summed E-state index contributed by atoms with van der Waals surface area (Å²) in [5.74, 6) is -0.755. The van der Waals surface area contributed by atoms with Crippen molar-refractivity contribution in [3.63, 3.8) is 0 Å². The quantitative estimate of drug-likeness (QED) is 0.204. The van der Waals surface area contributed by atoms with E-state index >= 15 is 0 Å². The number of thioether (sulfide) groups is 1. The molecule has 2 atom stereocenters. The fourth-order valence-electron chi connectivity index (χ4n) is 4.72. The fraction of sp³-hybridized carbons (Fsp3) is 0.333. The molecule has 2 fully saturated rings. The smallest absolute Gasteiger partial charge is 0.296 e. The molecule has 1 aromatic heterocycles. The van der Waals surface area contributed by atoms with Gasteiger partial charge in [0, 0.05) is 0 Å². The summed E-state index contributed by atoms with van der Waals surface area (Å²) in [5, 5.41) is 13.9. The molecule has 1 saturated carbocycles. The molecular weight excluding hydrogens is 504 g/mol. The van der Waals surface area contributed by atoms with Crippen molar-refractivity contribution in [2.24, 2.45) is 11.8 Å². The normalized spacial score (nSPS) is 19.4. The molecule has 1 aliphatic heterocycles. The van der Waals surface area contributed by atoms with Gasteiger partial charge in [0.1, 0.15) is 11.4 Å². The number of nitro benzene ring substituents is 1. The van der Waals surface area contributed by atoms with E-state index in [4.69, 9.17) is 4.74 Å². The van der Waals surface area contributed by atoms with E-state index in [1.807, 2.05) is 0 Å². The maximum Gasteiger partial charge on any atom is 0.296 e. The van der Waals surface area contributed by atoms with Crippen molar-refractivity contribution in [3.8, 4) is 5.75 Å². The van der Waals surface area contributed by atoms with Crippen LogP contribution in [0, 0.1) is 22.0 Å². The molecule has 2 aromatic carbocycles. The Kier molecular flexibility index (Phi) is 6.63. The molecule has 1 saturated heterocycles. The summed E-state index contributed by atoms with van der Waals surface area (Å²) < 4.78 is 6.44. The summed E-state index contributed by atoms with van der Waals surface area (Å²) in [4.78, 5) is 54.9. The third kappa shape index (κ3) is 4.53. The number of rotatable bonds is 7. The average Bonchev–Trinajstić information content (AvgIpc) is 3.40. The predicted octanol–water partition coefficient (Wildman–Crippen LogP) is 4.62. The Hall–Kier alpha value is -3.51. The van der Waals surface area contributed by atoms with Crippen LogP contribution in [0.25, 0.3) is 10.2 Å². The van der Waals surface area contributed by atoms with Gasteiger partial charge in [0.05, 0.1) is 51.6 Å². The number of benzene rings is 2. The van der Waals surface area contributed by atoms with E-state index in [9.17, 15) is 24.5 Å². The van der Waals surface area contributed by atoms with Gasteiger partial charge in [-0.2, -0.15) is 0 Å². The third-order valence-corrected chi connectivity index (χ3v) is 8.62. The minimum Gasteiger partial charge on any atom is -0.496 e. The van der Waals surface area contributed by atoms with E-state index in [2.05, 4.69) is 10.3 Å². The van der Waals surface area contributed by atoms with Gasteiger partial charge in [0.2, 0.25) is 17.7 Å². The van der Waals surface area contributed by atoms with E-state index < -0.39 is 10.8 Å². The third-order valence-electron chi connectivity index (χ3n) is 6.45. The Morgan fingerprint density at radius 3 is 2.58 bits per heavy atom. The molecule has 0 bridgehead atoms. The predicted molar refractivity (Wildman–Crippen MR) is 137 cm³/mol. The van der Waals surface area contributed by atoms with Gasteiger partial charge in [-0.15, -0.1) is 11.3 Å². The van der Waals surface area contributed by atoms with E-state index in [-0.39, 0.29) is 40.8 Å². The van der Waals surface area contributed by atoms with Gasteiger partial charge in [0.15, 0.2) is 4.34 Å². The highest BCUT2D eigenvalue weighted by Gasteiger charge is 2.48. The van der Waals surface area contributed by atoms with E-state index in [0.717, 1.165) is 30.4 Å². The van der Waals surface area contributed by atoms with Crippen LogP contribution in [0.4, 0.5) is 17.1 Å². The number of anilines is 2. The van der Waals surface area contributed by atoms with Crippen molar-refractivity contribution >= 4 is 68.1 Å². The number of methoxy groups -OCH3 is 1. The second-order valence-corrected chi connectivity index (χ2v) is 10.9. The molecule has 1 N–H and O–H groups in total. The number of carbonyl (C=O) groups is 3. The van der Waals surface area contributed by atoms with Crippen LogP contribution in [0.15, 0.2) is 40.7 Å². The number of nitro groups is 1. The SMILES string of the molecule is COc1ccc(NC(=O)CSc2nc3ccc(N4C(=O)[C@@H]5CCCC[C@H]5C4=O)cc3s2)c([N+](=O)[O-])c1. The van der Waals surface area contributed by atoms with Crippen LogP contribution in [0.2, 0.25) is 0 Å². The Bertz CT molecular complexity index is 1370. The minimum absolute atomic E-state index is 0.00230. The number of carbonyl (C=O) groups excluding carboxylic acids is 3. The lowest BCUT2D eigenvalue weighted by molar-refractivity contribution is -0.384. The Morgan fingerprint density at radius 1 is 1.19 bits per heavy atom. The molecule has 0 radical (unpaired) electrons. The van der Waals surface area contributed by atoms with E-state index in [1.54, 1.807) is 18.2 Å². The van der Waals surface area contributed by atoms with Crippen LogP contribution >= 0.6 is 23.1 Å². The van der Waals surface area contributed by atoms with Gasteiger partial charge in [-0.25, -0.2) is 4.98 Å². The van der Waals surface area contributed by atoms with Gasteiger partial charge in [-0.1, -0.05) is 24.6 Å². The van der Waals surface area contributed by atoms with Crippen molar-refractivity contribution in [1.82, 2.24) is 4.98 Å². The lowest BCUT2D eigenvalue weighted by Crippen LogP contribution is -2.30. The number of amides is 3. The Morgan fingerprint density at radius 2 is 1.92 bits per heavy atom. The first-order valence-corrected chi connectivity index (χ1v) is 13.2. The summed E-state index contributed by atoms with van der Waals surface area (Å²) in [7, 11) is 1.40. The first-order valence-electron chi connectivity index (χ1n) is 11.4. The van der Waals surface area contributed by atoms with Crippen molar-refractivity contribution in [1.29, 1.82) is 0 Å². The molecule has 186 valence electrons. The maximum atomic E-state index is 12.9. The van der Waals surface area contributed by atoms with Crippen LogP contribution in [0.1, 0.15) is 25.7 Å². The molecule has 10 nitrogen and oxygen atoms in total. The molecular formula is C24H22N4O6S2. The monoisotopic (exact) mass is 526 g/mol. The molecule has 3 amide bonds. The van der Waals surface area contributed by atoms with Crippen molar-refractivity contribution in [2.45, 2.75) is 30.0 Å². The number of thiazole rings is 1. The number of hydrogen-bond donors (Lipinski definition) is 1. The second kappa shape index (κ2) is 9.86. The number of aromatic nitrogens is 1. The van der Waals surface area contributed by atoms with Gasteiger partial charge in [0.25, 0.3) is 5.69 Å². The van der Waals surface area contributed by atoms with Gasteiger partial charge in [-0.3, -0.25) is 29.4 Å². The topological polar surface area (TPSA) is 132 Å². The number of imide groups is 1. The molecule has 2 aliphatic rings. The van der Waals surface area contributed by atoms with Crippen molar-refractivity contribution < 1.29 is 24.0 Å². The Labute approximate surface area is 214 Å². The molecule has 0 unspecified atom stereocenters. The fourth-order valence-corrected chi connectivity index (χ4v) is 6.62. The van der Waals surface area contributed by atoms with Crippen LogP contribution in [-0.2, 0) is 14.4 Å². The second-order valence-electron chi connectivity index (χ2n) is 8.62. The van der Waals surface area contributed by atoms with Crippen LogP contribution in [-0.4, -0.2) is 40.5 Å². The number of fused-ring (bicyclic) bond motifs is 2. The standard InChI is InChI=1S/C24H22N4O6S2/c1-34-14-7-9-17(19(11-14)28(32)33)25-21(29)12-35-24-26-18-8-6-13(10-20(18)36-24)27-22(30)15-4-2-3-5-16(15)23(27)31/h6-11,15-16H,2-5,12H2,1H3,(H,25,29)/t15-,16-/m1/s1. The number of nitrogens with one attached hydrogen (secondary N) is 1. The first kappa shape index (κ1) is 24.2. The van der Waals surface area contributed by atoms with Crippen molar-refractivity contribution in [3.05, 3.63) is 46.5 Å².